The first kappa shape index (κ1) is 18.3. The molecule has 29 heavy (non-hydrogen) atoms. The molecule has 0 saturated carbocycles. The van der Waals surface area contributed by atoms with E-state index in [-0.39, 0.29) is 5.91 Å². The zero-order chi connectivity index (χ0) is 19.8. The van der Waals surface area contributed by atoms with Crippen molar-refractivity contribution in [2.24, 2.45) is 0 Å². The van der Waals surface area contributed by atoms with Crippen LogP contribution in [0, 0.1) is 0 Å². The maximum atomic E-state index is 12.9. The van der Waals surface area contributed by atoms with Crippen molar-refractivity contribution in [3.8, 4) is 0 Å². The van der Waals surface area contributed by atoms with Gasteiger partial charge in [0, 0.05) is 11.8 Å². The average molecular weight is 411 g/mol. The van der Waals surface area contributed by atoms with Crippen LogP contribution in [-0.2, 0) is 17.6 Å². The van der Waals surface area contributed by atoms with Crippen LogP contribution in [0.1, 0.15) is 33.6 Å². The predicted molar refractivity (Wildman–Crippen MR) is 115 cm³/mol. The van der Waals surface area contributed by atoms with Gasteiger partial charge in [-0.2, -0.15) is 0 Å². The number of pyridine rings is 2. The van der Waals surface area contributed by atoms with Crippen molar-refractivity contribution in [2.75, 3.05) is 42.3 Å². The van der Waals surface area contributed by atoms with Crippen LogP contribution in [0.25, 0.3) is 10.2 Å². The van der Waals surface area contributed by atoms with E-state index in [9.17, 15) is 4.79 Å². The third kappa shape index (κ3) is 3.32. The standard InChI is InChI=1S/C21H23N5O2S/c22-17-16-13-5-1-2-6-14(13)19(26-9-11-28-12-10-26)25-21(16)29-18(17)20(27)24-15-7-3-4-8-23-15/h3-4,7-8H,1-2,5-6,9-12,22H2,(H,23,24,27)/p+1. The molecule has 0 spiro atoms. The Kier molecular flexibility index (Phi) is 4.81. The average Bonchev–Trinajstić information content (AvgIpc) is 3.11. The molecule has 1 fully saturated rings. The van der Waals surface area contributed by atoms with Crippen LogP contribution in [-0.4, -0.2) is 37.2 Å². The summed E-state index contributed by atoms with van der Waals surface area (Å²) in [6, 6.07) is 5.43. The fourth-order valence-corrected chi connectivity index (χ4v) is 5.34. The Morgan fingerprint density at radius 1 is 1.21 bits per heavy atom. The second-order valence-electron chi connectivity index (χ2n) is 7.46. The Morgan fingerprint density at radius 3 is 2.76 bits per heavy atom. The summed E-state index contributed by atoms with van der Waals surface area (Å²) < 4.78 is 5.53. The lowest BCUT2D eigenvalue weighted by Gasteiger charge is -2.26. The van der Waals surface area contributed by atoms with Gasteiger partial charge in [-0.25, -0.2) is 9.97 Å². The van der Waals surface area contributed by atoms with Crippen molar-refractivity contribution in [3.63, 3.8) is 0 Å². The molecule has 2 aliphatic rings. The van der Waals surface area contributed by atoms with Gasteiger partial charge in [-0.15, -0.1) is 0 Å². The zero-order valence-electron chi connectivity index (χ0n) is 16.2. The molecular formula is C21H24N5O2S+. The van der Waals surface area contributed by atoms with Crippen molar-refractivity contribution in [1.82, 2.24) is 4.98 Å². The van der Waals surface area contributed by atoms with Crippen LogP contribution in [0.3, 0.4) is 0 Å². The highest BCUT2D eigenvalue weighted by molar-refractivity contribution is 7.21. The largest absolute Gasteiger partial charge is 0.397 e. The number of hydrogen-bond donors (Lipinski definition) is 2. The lowest BCUT2D eigenvalue weighted by Crippen LogP contribution is -2.40. The van der Waals surface area contributed by atoms with Crippen LogP contribution < -0.4 is 20.9 Å². The van der Waals surface area contributed by atoms with Crippen LogP contribution in [0.2, 0.25) is 0 Å². The van der Waals surface area contributed by atoms with Gasteiger partial charge in [-0.05, 0) is 43.4 Å². The zero-order valence-corrected chi connectivity index (χ0v) is 17.0. The Morgan fingerprint density at radius 2 is 2.00 bits per heavy atom. The minimum atomic E-state index is -0.215. The van der Waals surface area contributed by atoms with E-state index in [1.165, 1.54) is 34.7 Å². The number of nitrogen functional groups attached to an aromatic ring is 1. The second-order valence-corrected chi connectivity index (χ2v) is 8.48. The molecule has 0 bridgehead atoms. The number of fused-ring (bicyclic) bond motifs is 3. The molecule has 4 N–H and O–H groups in total. The Bertz CT molecular complexity index is 1060. The number of hydrogen-bond acceptors (Lipinski definition) is 6. The fourth-order valence-electron chi connectivity index (χ4n) is 4.29. The van der Waals surface area contributed by atoms with Crippen LogP contribution in [0.5, 0.6) is 0 Å². The van der Waals surface area contributed by atoms with Gasteiger partial charge < -0.3 is 15.8 Å². The monoisotopic (exact) mass is 410 g/mol. The van der Waals surface area contributed by atoms with Gasteiger partial charge in [0.1, 0.15) is 23.8 Å². The van der Waals surface area contributed by atoms with Crippen LogP contribution >= 0.6 is 11.3 Å². The van der Waals surface area contributed by atoms with E-state index in [0.717, 1.165) is 55.8 Å². The Balaban J connectivity index is 1.59. The molecule has 5 rings (SSSR count). The number of nitrogens with zero attached hydrogens (tertiary/aromatic N) is 2. The van der Waals surface area contributed by atoms with Gasteiger partial charge >= 0.3 is 0 Å². The summed E-state index contributed by atoms with van der Waals surface area (Å²) in [5.74, 6) is 1.48. The normalized spacial score (nSPS) is 16.6. The number of aryl methyl sites for hydroxylation is 1. The smallest absolute Gasteiger partial charge is 0.279 e. The topological polar surface area (TPSA) is 94.6 Å². The number of nitrogens with two attached hydrogens (primary N) is 1. The number of H-pyrrole nitrogens is 1. The van der Waals surface area contributed by atoms with Gasteiger partial charge in [0.05, 0.1) is 24.3 Å². The second kappa shape index (κ2) is 7.61. The van der Waals surface area contributed by atoms with Crippen molar-refractivity contribution in [1.29, 1.82) is 0 Å². The molecule has 150 valence electrons. The number of rotatable bonds is 3. The van der Waals surface area contributed by atoms with E-state index in [4.69, 9.17) is 10.5 Å². The molecule has 0 radical (unpaired) electrons. The highest BCUT2D eigenvalue weighted by atomic mass is 32.1. The van der Waals surface area contributed by atoms with E-state index >= 15 is 0 Å². The summed E-state index contributed by atoms with van der Waals surface area (Å²) in [5.41, 5.74) is 9.75. The number of ether oxygens (including phenoxy) is 1. The number of thiophene rings is 1. The highest BCUT2D eigenvalue weighted by Crippen LogP contribution is 2.40. The molecule has 3 aromatic heterocycles. The summed E-state index contributed by atoms with van der Waals surface area (Å²) >= 11 is 1.42. The lowest BCUT2D eigenvalue weighted by atomic mass is 9.89. The van der Waals surface area contributed by atoms with E-state index in [2.05, 4.69) is 20.2 Å². The van der Waals surface area contributed by atoms with Crippen molar-refractivity contribution in [3.05, 3.63) is 40.4 Å². The number of anilines is 3. The molecule has 0 atom stereocenters. The molecule has 1 amide bonds. The van der Waals surface area contributed by atoms with Crippen molar-refractivity contribution in [2.45, 2.75) is 25.7 Å². The summed E-state index contributed by atoms with van der Waals surface area (Å²) in [6.45, 7) is 3.24. The number of aromatic nitrogens is 2. The van der Waals surface area contributed by atoms with Gasteiger partial charge in [-0.1, -0.05) is 17.4 Å². The number of nitrogens with one attached hydrogen (secondary N) is 2. The first-order valence-electron chi connectivity index (χ1n) is 10.1. The first-order valence-corrected chi connectivity index (χ1v) is 10.9. The van der Waals surface area contributed by atoms with Gasteiger partial charge in [0.15, 0.2) is 4.83 Å². The Hall–Kier alpha value is -2.71. The molecule has 0 unspecified atom stereocenters. The molecule has 1 saturated heterocycles. The number of amides is 1. The quantitative estimate of drug-likeness (QED) is 0.692. The van der Waals surface area contributed by atoms with E-state index in [1.54, 1.807) is 12.3 Å². The first-order chi connectivity index (χ1) is 14.2. The van der Waals surface area contributed by atoms with Crippen molar-refractivity contribution >= 4 is 44.8 Å². The lowest BCUT2D eigenvalue weighted by molar-refractivity contribution is -0.328. The SMILES string of the molecule is Nc1c(C(=O)Nc2ccccn2)sc2[nH+]c(N3CCOCC3)c3c(c12)CCCC3. The van der Waals surface area contributed by atoms with E-state index < -0.39 is 0 Å². The molecule has 1 aliphatic heterocycles. The number of morpholine rings is 1. The molecule has 3 aromatic rings. The molecule has 1 aliphatic carbocycles. The molecule has 0 aromatic carbocycles. The number of aromatic amines is 1. The summed E-state index contributed by atoms with van der Waals surface area (Å²) in [6.07, 6.45) is 6.03. The molecule has 7 nitrogen and oxygen atoms in total. The number of carbonyl (C=O) groups is 1. The predicted octanol–water partition coefficient (Wildman–Crippen LogP) is 2.66. The summed E-state index contributed by atoms with van der Waals surface area (Å²) in [4.78, 5) is 24.6. The van der Waals surface area contributed by atoms with Crippen LogP contribution in [0.15, 0.2) is 24.4 Å². The van der Waals surface area contributed by atoms with Gasteiger partial charge in [-0.3, -0.25) is 9.69 Å². The van der Waals surface area contributed by atoms with Crippen molar-refractivity contribution < 1.29 is 14.5 Å². The van der Waals surface area contributed by atoms with Crippen LogP contribution in [0.4, 0.5) is 17.3 Å². The molecule has 8 heteroatoms. The van der Waals surface area contributed by atoms with E-state index in [0.29, 0.717) is 16.4 Å². The maximum absolute atomic E-state index is 12.9. The molecule has 4 heterocycles. The summed E-state index contributed by atoms with van der Waals surface area (Å²) in [7, 11) is 0. The fraction of sp³-hybridized carbons (Fsp3) is 0.381. The maximum Gasteiger partial charge on any atom is 0.279 e. The minimum absolute atomic E-state index is 0.215. The molecular weight excluding hydrogens is 386 g/mol. The minimum Gasteiger partial charge on any atom is -0.397 e. The van der Waals surface area contributed by atoms with E-state index in [1.807, 2.05) is 12.1 Å². The third-order valence-corrected chi connectivity index (χ3v) is 6.79. The Labute approximate surface area is 172 Å². The highest BCUT2D eigenvalue weighted by Gasteiger charge is 2.31. The van der Waals surface area contributed by atoms with Gasteiger partial charge in [0.2, 0.25) is 0 Å². The van der Waals surface area contributed by atoms with Gasteiger partial charge in [0.25, 0.3) is 11.7 Å². The third-order valence-electron chi connectivity index (χ3n) is 5.67. The number of carbonyl (C=O) groups excluding carboxylic acids is 1. The summed E-state index contributed by atoms with van der Waals surface area (Å²) in [5, 5.41) is 3.88.